The van der Waals surface area contributed by atoms with Crippen molar-refractivity contribution in [2.45, 2.75) is 39.0 Å². The van der Waals surface area contributed by atoms with E-state index in [1.807, 2.05) is 11.8 Å². The van der Waals surface area contributed by atoms with Gasteiger partial charge in [-0.1, -0.05) is 20.8 Å². The summed E-state index contributed by atoms with van der Waals surface area (Å²) in [6.45, 7) is 10.7. The second-order valence-electron chi connectivity index (χ2n) is 4.71. The van der Waals surface area contributed by atoms with Crippen molar-refractivity contribution < 1.29 is 0 Å². The summed E-state index contributed by atoms with van der Waals surface area (Å²) in [7, 11) is 0. The Labute approximate surface area is 103 Å². The molecule has 1 rings (SSSR count). The zero-order chi connectivity index (χ0) is 12.1. The van der Waals surface area contributed by atoms with Gasteiger partial charge in [-0.05, 0) is 12.8 Å². The predicted octanol–water partition coefficient (Wildman–Crippen LogP) is 1.29. The highest BCUT2D eigenvalue weighted by molar-refractivity contribution is 8.00. The van der Waals surface area contributed by atoms with Gasteiger partial charge in [0.2, 0.25) is 5.96 Å². The van der Waals surface area contributed by atoms with Crippen molar-refractivity contribution >= 4 is 17.7 Å². The molecule has 5 heteroatoms. The van der Waals surface area contributed by atoms with Crippen molar-refractivity contribution in [1.82, 2.24) is 10.3 Å². The first kappa shape index (κ1) is 13.6. The van der Waals surface area contributed by atoms with Gasteiger partial charge in [-0.2, -0.15) is 11.8 Å². The number of nitrogens with one attached hydrogen (secondary N) is 1. The zero-order valence-corrected chi connectivity index (χ0v) is 11.5. The molecule has 94 valence electrons. The number of aliphatic imine (C=N–C) groups is 1. The fourth-order valence-corrected chi connectivity index (χ4v) is 2.82. The molecule has 0 amide bonds. The Morgan fingerprint density at radius 3 is 2.81 bits per heavy atom. The van der Waals surface area contributed by atoms with E-state index < -0.39 is 0 Å². The van der Waals surface area contributed by atoms with Crippen molar-refractivity contribution in [1.29, 1.82) is 0 Å². The Bertz CT molecular complexity index is 242. The van der Waals surface area contributed by atoms with Crippen LogP contribution in [-0.2, 0) is 0 Å². The normalized spacial score (nSPS) is 27.4. The van der Waals surface area contributed by atoms with E-state index in [0.717, 1.165) is 24.8 Å². The van der Waals surface area contributed by atoms with Crippen LogP contribution in [0.3, 0.4) is 0 Å². The van der Waals surface area contributed by atoms with Gasteiger partial charge < -0.3 is 4.90 Å². The van der Waals surface area contributed by atoms with E-state index in [0.29, 0.717) is 17.2 Å². The van der Waals surface area contributed by atoms with Crippen molar-refractivity contribution in [3.05, 3.63) is 0 Å². The molecule has 16 heavy (non-hydrogen) atoms. The quantitative estimate of drug-likeness (QED) is 0.333. The minimum Gasteiger partial charge on any atom is -0.337 e. The summed E-state index contributed by atoms with van der Waals surface area (Å²) in [6.07, 6.45) is 0. The summed E-state index contributed by atoms with van der Waals surface area (Å²) in [4.78, 5) is 6.83. The van der Waals surface area contributed by atoms with Crippen molar-refractivity contribution in [3.8, 4) is 0 Å². The van der Waals surface area contributed by atoms with Crippen LogP contribution < -0.4 is 11.3 Å². The lowest BCUT2D eigenvalue weighted by Gasteiger charge is -2.39. The van der Waals surface area contributed by atoms with Crippen LogP contribution in [0.15, 0.2) is 4.99 Å². The van der Waals surface area contributed by atoms with Crippen LogP contribution in [-0.4, -0.2) is 41.0 Å². The molecule has 0 aromatic heterocycles. The molecule has 0 bridgehead atoms. The highest BCUT2D eigenvalue weighted by Crippen LogP contribution is 2.24. The predicted molar refractivity (Wildman–Crippen MR) is 72.6 cm³/mol. The maximum absolute atomic E-state index is 5.57. The first-order valence-electron chi connectivity index (χ1n) is 5.95. The van der Waals surface area contributed by atoms with Crippen LogP contribution in [0.1, 0.15) is 27.7 Å². The third-order valence-corrected chi connectivity index (χ3v) is 4.23. The Hall–Kier alpha value is -0.420. The second-order valence-corrected chi connectivity index (χ2v) is 6.20. The lowest BCUT2D eigenvalue weighted by Crippen LogP contribution is -2.54. The van der Waals surface area contributed by atoms with Crippen LogP contribution in [0.2, 0.25) is 0 Å². The molecule has 4 nitrogen and oxygen atoms in total. The fourth-order valence-electron chi connectivity index (χ4n) is 1.72. The average molecular weight is 244 g/mol. The molecule has 1 aliphatic heterocycles. The molecule has 0 aromatic rings. The number of hydrazine groups is 1. The maximum Gasteiger partial charge on any atom is 0.208 e. The summed E-state index contributed by atoms with van der Waals surface area (Å²) >= 11 is 2.02. The number of guanidine groups is 1. The molecule has 0 saturated carbocycles. The third-order valence-electron chi connectivity index (χ3n) is 2.89. The molecule has 1 aliphatic rings. The number of nitrogens with two attached hydrogens (primary N) is 1. The smallest absolute Gasteiger partial charge is 0.208 e. The largest absolute Gasteiger partial charge is 0.337 e. The zero-order valence-electron chi connectivity index (χ0n) is 10.7. The topological polar surface area (TPSA) is 53.6 Å². The number of nitrogens with zero attached hydrogens (tertiary/aromatic N) is 2. The van der Waals surface area contributed by atoms with Gasteiger partial charge in [0, 0.05) is 30.1 Å². The molecule has 1 fully saturated rings. The highest BCUT2D eigenvalue weighted by atomic mass is 32.2. The van der Waals surface area contributed by atoms with E-state index in [2.05, 4.69) is 43.0 Å². The van der Waals surface area contributed by atoms with E-state index in [4.69, 9.17) is 5.84 Å². The molecule has 3 N–H and O–H groups in total. The van der Waals surface area contributed by atoms with Crippen molar-refractivity contribution in [3.63, 3.8) is 0 Å². The lowest BCUT2D eigenvalue weighted by atomic mass is 10.2. The van der Waals surface area contributed by atoms with Crippen LogP contribution in [0.4, 0.5) is 0 Å². The first-order valence-corrected chi connectivity index (χ1v) is 7.00. The number of hydrogen-bond acceptors (Lipinski definition) is 3. The van der Waals surface area contributed by atoms with Gasteiger partial charge in [0.15, 0.2) is 0 Å². The molecule has 1 heterocycles. The molecule has 0 spiro atoms. The molecular weight excluding hydrogens is 220 g/mol. The van der Waals surface area contributed by atoms with Crippen molar-refractivity contribution in [2.75, 3.05) is 18.8 Å². The molecule has 0 aliphatic carbocycles. The molecular formula is C11H24N4S. The highest BCUT2D eigenvalue weighted by Gasteiger charge is 2.27. The number of rotatable bonds is 2. The Balaban J connectivity index is 2.67. The molecule has 0 aromatic carbocycles. The van der Waals surface area contributed by atoms with E-state index >= 15 is 0 Å². The molecule has 0 radical (unpaired) electrons. The van der Waals surface area contributed by atoms with Gasteiger partial charge in [-0.3, -0.25) is 10.4 Å². The minimum atomic E-state index is 0.487. The van der Waals surface area contributed by atoms with Gasteiger partial charge in [0.05, 0.1) is 0 Å². The molecule has 2 atom stereocenters. The average Bonchev–Trinajstić information content (AvgIpc) is 2.24. The SMILES string of the molecule is CC(C)CN=C(NN)N1CCSC(C)C1C. The summed E-state index contributed by atoms with van der Waals surface area (Å²) in [5, 5.41) is 0.631. The summed E-state index contributed by atoms with van der Waals surface area (Å²) in [5.74, 6) is 8.12. The lowest BCUT2D eigenvalue weighted by molar-refractivity contribution is 0.322. The minimum absolute atomic E-state index is 0.487. The molecule has 1 saturated heterocycles. The third kappa shape index (κ3) is 3.56. The van der Waals surface area contributed by atoms with Crippen molar-refractivity contribution in [2.24, 2.45) is 16.8 Å². The van der Waals surface area contributed by atoms with E-state index in [1.54, 1.807) is 0 Å². The van der Waals surface area contributed by atoms with Crippen LogP contribution in [0, 0.1) is 5.92 Å². The van der Waals surface area contributed by atoms with Gasteiger partial charge in [-0.25, -0.2) is 5.84 Å². The van der Waals surface area contributed by atoms with E-state index in [9.17, 15) is 0 Å². The number of hydrogen-bond donors (Lipinski definition) is 2. The monoisotopic (exact) mass is 244 g/mol. The van der Waals surface area contributed by atoms with Gasteiger partial charge in [0.1, 0.15) is 0 Å². The second kappa shape index (κ2) is 6.35. The summed E-state index contributed by atoms with van der Waals surface area (Å²) in [5.41, 5.74) is 2.74. The maximum atomic E-state index is 5.57. The number of thioether (sulfide) groups is 1. The standard InChI is InChI=1S/C11H24N4S/c1-8(2)7-13-11(14-12)15-5-6-16-10(4)9(15)3/h8-10H,5-7,12H2,1-4H3,(H,13,14). The molecule has 2 unspecified atom stereocenters. The fraction of sp³-hybridized carbons (Fsp3) is 0.909. The summed E-state index contributed by atoms with van der Waals surface area (Å²) in [6, 6.07) is 0.487. The Kier molecular flexibility index (Phi) is 5.41. The van der Waals surface area contributed by atoms with E-state index in [1.165, 1.54) is 0 Å². The van der Waals surface area contributed by atoms with Crippen LogP contribution in [0.5, 0.6) is 0 Å². The van der Waals surface area contributed by atoms with E-state index in [-0.39, 0.29) is 0 Å². The Morgan fingerprint density at radius 1 is 1.56 bits per heavy atom. The van der Waals surface area contributed by atoms with Crippen LogP contribution in [0.25, 0.3) is 0 Å². The van der Waals surface area contributed by atoms with Gasteiger partial charge >= 0.3 is 0 Å². The summed E-state index contributed by atoms with van der Waals surface area (Å²) < 4.78 is 0. The first-order chi connectivity index (χ1) is 7.56. The Morgan fingerprint density at radius 2 is 2.25 bits per heavy atom. The van der Waals surface area contributed by atoms with Gasteiger partial charge in [0.25, 0.3) is 0 Å². The van der Waals surface area contributed by atoms with Crippen LogP contribution >= 0.6 is 11.8 Å². The van der Waals surface area contributed by atoms with Gasteiger partial charge in [-0.15, -0.1) is 0 Å².